The van der Waals surface area contributed by atoms with Crippen molar-refractivity contribution in [2.75, 3.05) is 6.54 Å². The Bertz CT molecular complexity index is 1300. The van der Waals surface area contributed by atoms with Gasteiger partial charge in [0.05, 0.1) is 0 Å². The Balaban J connectivity index is 1.17. The summed E-state index contributed by atoms with van der Waals surface area (Å²) in [6.07, 6.45) is 4.06. The van der Waals surface area contributed by atoms with Crippen molar-refractivity contribution in [1.82, 2.24) is 10.6 Å². The van der Waals surface area contributed by atoms with Crippen LogP contribution < -0.4 is 15.4 Å². The monoisotopic (exact) mass is 490 g/mol. The van der Waals surface area contributed by atoms with Crippen molar-refractivity contribution in [3.63, 3.8) is 0 Å². The highest BCUT2D eigenvalue weighted by atomic mass is 16.5. The minimum atomic E-state index is -0.188. The number of hydrogen-bond donors (Lipinski definition) is 2. The van der Waals surface area contributed by atoms with Crippen LogP contribution in [0.4, 0.5) is 0 Å². The molecule has 2 amide bonds. The first-order valence-corrected chi connectivity index (χ1v) is 12.3. The van der Waals surface area contributed by atoms with Crippen LogP contribution in [0.1, 0.15) is 32.6 Å². The Hall–Kier alpha value is -4.64. The average molecular weight is 491 g/mol. The third-order valence-corrected chi connectivity index (χ3v) is 5.78. The number of hydrogen-bond acceptors (Lipinski definition) is 3. The van der Waals surface area contributed by atoms with Gasteiger partial charge >= 0.3 is 0 Å². The molecule has 0 bridgehead atoms. The van der Waals surface area contributed by atoms with Crippen molar-refractivity contribution in [3.8, 4) is 5.75 Å². The number of ether oxygens (including phenoxy) is 1. The maximum Gasteiger partial charge on any atom is 0.251 e. The predicted octanol–water partition coefficient (Wildman–Crippen LogP) is 5.57. The molecule has 0 saturated heterocycles. The standard InChI is InChI=1S/C32H30N2O3/c35-31(20-15-26-13-18-30(19-14-26)37-24-28-9-5-2-6-10-28)34-23-27-11-16-29(17-12-27)32(36)33-22-21-25-7-3-1-4-8-25/h1-20H,21-24H2,(H,33,36)(H,34,35). The highest BCUT2D eigenvalue weighted by Crippen LogP contribution is 2.15. The molecule has 4 aromatic rings. The maximum atomic E-state index is 12.4. The SMILES string of the molecule is O=C(C=Cc1ccc(OCc2ccccc2)cc1)NCc1ccc(C(=O)NCCc2ccccc2)cc1. The summed E-state index contributed by atoms with van der Waals surface area (Å²) in [4.78, 5) is 24.6. The Morgan fingerprint density at radius 1 is 0.676 bits per heavy atom. The summed E-state index contributed by atoms with van der Waals surface area (Å²) in [6.45, 7) is 1.47. The summed E-state index contributed by atoms with van der Waals surface area (Å²) in [5.41, 5.74) is 4.72. The molecule has 5 nitrogen and oxygen atoms in total. The molecule has 0 aromatic heterocycles. The Morgan fingerprint density at radius 2 is 1.32 bits per heavy atom. The third kappa shape index (κ3) is 8.51. The summed E-state index contributed by atoms with van der Waals surface area (Å²) in [7, 11) is 0. The minimum absolute atomic E-state index is 0.106. The second-order valence-corrected chi connectivity index (χ2v) is 8.58. The van der Waals surface area contributed by atoms with Gasteiger partial charge in [-0.25, -0.2) is 0 Å². The third-order valence-electron chi connectivity index (χ3n) is 5.78. The molecule has 0 aliphatic carbocycles. The van der Waals surface area contributed by atoms with Gasteiger partial charge in [-0.1, -0.05) is 84.9 Å². The fraction of sp³-hybridized carbons (Fsp3) is 0.125. The summed E-state index contributed by atoms with van der Waals surface area (Å²) in [5, 5.41) is 5.81. The fourth-order valence-corrected chi connectivity index (χ4v) is 3.68. The Labute approximate surface area is 217 Å². The first kappa shape index (κ1) is 25.5. The summed E-state index contributed by atoms with van der Waals surface area (Å²) in [6, 6.07) is 34.9. The highest BCUT2D eigenvalue weighted by molar-refractivity contribution is 5.94. The molecule has 5 heteroatoms. The molecule has 0 fully saturated rings. The quantitative estimate of drug-likeness (QED) is 0.270. The zero-order valence-electron chi connectivity index (χ0n) is 20.6. The van der Waals surface area contributed by atoms with Gasteiger partial charge < -0.3 is 15.4 Å². The van der Waals surface area contributed by atoms with E-state index in [9.17, 15) is 9.59 Å². The van der Waals surface area contributed by atoms with Gasteiger partial charge in [0.25, 0.3) is 5.91 Å². The van der Waals surface area contributed by atoms with Gasteiger partial charge in [0.1, 0.15) is 12.4 Å². The lowest BCUT2D eigenvalue weighted by Crippen LogP contribution is -2.25. The van der Waals surface area contributed by atoms with Crippen molar-refractivity contribution in [3.05, 3.63) is 143 Å². The van der Waals surface area contributed by atoms with Crippen LogP contribution >= 0.6 is 0 Å². The number of amides is 2. The molecule has 186 valence electrons. The van der Waals surface area contributed by atoms with Gasteiger partial charge in [-0.15, -0.1) is 0 Å². The normalized spacial score (nSPS) is 10.7. The number of carbonyl (C=O) groups excluding carboxylic acids is 2. The van der Waals surface area contributed by atoms with Crippen molar-refractivity contribution < 1.29 is 14.3 Å². The van der Waals surface area contributed by atoms with Gasteiger partial charge in [-0.2, -0.15) is 0 Å². The van der Waals surface area contributed by atoms with Crippen molar-refractivity contribution in [1.29, 1.82) is 0 Å². The van der Waals surface area contributed by atoms with E-state index < -0.39 is 0 Å². The smallest absolute Gasteiger partial charge is 0.251 e. The summed E-state index contributed by atoms with van der Waals surface area (Å²) < 4.78 is 5.79. The molecule has 0 atom stereocenters. The van der Waals surface area contributed by atoms with Crippen molar-refractivity contribution in [2.24, 2.45) is 0 Å². The zero-order chi connectivity index (χ0) is 25.7. The lowest BCUT2D eigenvalue weighted by molar-refractivity contribution is -0.116. The van der Waals surface area contributed by atoms with Gasteiger partial charge in [0.15, 0.2) is 0 Å². The molecule has 4 rings (SSSR count). The van der Waals surface area contributed by atoms with Crippen LogP contribution in [0, 0.1) is 0 Å². The lowest BCUT2D eigenvalue weighted by atomic mass is 10.1. The van der Waals surface area contributed by atoms with Gasteiger partial charge in [0.2, 0.25) is 5.91 Å². The van der Waals surface area contributed by atoms with E-state index >= 15 is 0 Å². The Kier molecular flexibility index (Phi) is 9.25. The number of nitrogens with one attached hydrogen (secondary N) is 2. The van der Waals surface area contributed by atoms with E-state index in [0.29, 0.717) is 25.3 Å². The van der Waals surface area contributed by atoms with Crippen LogP contribution in [-0.4, -0.2) is 18.4 Å². The lowest BCUT2D eigenvalue weighted by Gasteiger charge is -2.07. The number of benzene rings is 4. The van der Waals surface area contributed by atoms with E-state index in [2.05, 4.69) is 10.6 Å². The van der Waals surface area contributed by atoms with Crippen LogP contribution in [0.5, 0.6) is 5.75 Å². The van der Waals surface area contributed by atoms with Crippen molar-refractivity contribution >= 4 is 17.9 Å². The van der Waals surface area contributed by atoms with Gasteiger partial charge in [0, 0.05) is 24.7 Å². The molecule has 0 radical (unpaired) electrons. The molecule has 0 aliphatic rings. The first-order valence-electron chi connectivity index (χ1n) is 12.3. The van der Waals surface area contributed by atoms with E-state index in [0.717, 1.165) is 28.9 Å². The number of rotatable bonds is 11. The molecule has 37 heavy (non-hydrogen) atoms. The van der Waals surface area contributed by atoms with Crippen LogP contribution in [0.15, 0.2) is 115 Å². The van der Waals surface area contributed by atoms with E-state index in [1.54, 1.807) is 18.2 Å². The Morgan fingerprint density at radius 3 is 2.00 bits per heavy atom. The maximum absolute atomic E-state index is 12.4. The molecular formula is C32H30N2O3. The second kappa shape index (κ2) is 13.4. The molecule has 0 aliphatic heterocycles. The van der Waals surface area contributed by atoms with Crippen LogP contribution in [-0.2, 0) is 24.4 Å². The molecule has 0 unspecified atom stereocenters. The highest BCUT2D eigenvalue weighted by Gasteiger charge is 2.05. The van der Waals surface area contributed by atoms with Crippen LogP contribution in [0.2, 0.25) is 0 Å². The zero-order valence-corrected chi connectivity index (χ0v) is 20.6. The predicted molar refractivity (Wildman–Crippen MR) is 147 cm³/mol. The first-order chi connectivity index (χ1) is 18.2. The topological polar surface area (TPSA) is 67.4 Å². The summed E-state index contributed by atoms with van der Waals surface area (Å²) >= 11 is 0. The fourth-order valence-electron chi connectivity index (χ4n) is 3.68. The molecular weight excluding hydrogens is 460 g/mol. The molecule has 2 N–H and O–H groups in total. The van der Waals surface area contributed by atoms with Crippen molar-refractivity contribution in [2.45, 2.75) is 19.6 Å². The molecule has 0 heterocycles. The largest absolute Gasteiger partial charge is 0.489 e. The van der Waals surface area contributed by atoms with Gasteiger partial charge in [-0.3, -0.25) is 9.59 Å². The number of carbonyl (C=O) groups is 2. The van der Waals surface area contributed by atoms with E-state index in [4.69, 9.17) is 4.74 Å². The minimum Gasteiger partial charge on any atom is -0.489 e. The van der Waals surface area contributed by atoms with E-state index in [1.165, 1.54) is 11.6 Å². The second-order valence-electron chi connectivity index (χ2n) is 8.58. The average Bonchev–Trinajstić information content (AvgIpc) is 2.96. The summed E-state index contributed by atoms with van der Waals surface area (Å²) in [5.74, 6) is 0.483. The van der Waals surface area contributed by atoms with E-state index in [1.807, 2.05) is 97.1 Å². The van der Waals surface area contributed by atoms with E-state index in [-0.39, 0.29) is 11.8 Å². The van der Waals surface area contributed by atoms with Crippen LogP contribution in [0.25, 0.3) is 6.08 Å². The molecule has 4 aromatic carbocycles. The van der Waals surface area contributed by atoms with Crippen LogP contribution in [0.3, 0.4) is 0 Å². The van der Waals surface area contributed by atoms with Gasteiger partial charge in [-0.05, 0) is 59.0 Å². The molecule has 0 spiro atoms. The molecule has 0 saturated carbocycles.